The normalized spacial score (nSPS) is 10.8. The fourth-order valence-corrected chi connectivity index (χ4v) is 2.88. The van der Waals surface area contributed by atoms with Crippen molar-refractivity contribution in [2.75, 3.05) is 6.54 Å². The molecule has 130 valence electrons. The Labute approximate surface area is 147 Å². The summed E-state index contributed by atoms with van der Waals surface area (Å²) in [5, 5.41) is 11.6. The summed E-state index contributed by atoms with van der Waals surface area (Å²) in [5.41, 5.74) is 5.19. The number of hydrogen-bond donors (Lipinski definition) is 1. The number of nitrogens with zero attached hydrogens (tertiary/aromatic N) is 4. The van der Waals surface area contributed by atoms with Crippen LogP contribution in [0, 0.1) is 13.8 Å². The largest absolute Gasteiger partial charge is 0.355 e. The summed E-state index contributed by atoms with van der Waals surface area (Å²) in [6, 6.07) is 10.1. The summed E-state index contributed by atoms with van der Waals surface area (Å²) >= 11 is 0. The van der Waals surface area contributed by atoms with Crippen molar-refractivity contribution in [3.63, 3.8) is 0 Å². The van der Waals surface area contributed by atoms with E-state index in [2.05, 4.69) is 27.6 Å². The van der Waals surface area contributed by atoms with E-state index in [1.165, 1.54) is 5.56 Å². The zero-order chi connectivity index (χ0) is 17.8. The number of aromatic nitrogens is 4. The van der Waals surface area contributed by atoms with Crippen LogP contribution in [0.25, 0.3) is 5.69 Å². The van der Waals surface area contributed by atoms with E-state index in [9.17, 15) is 4.79 Å². The van der Waals surface area contributed by atoms with Gasteiger partial charge in [-0.25, -0.2) is 4.68 Å². The number of rotatable bonds is 6. The minimum absolute atomic E-state index is 0.0346. The zero-order valence-corrected chi connectivity index (χ0v) is 14.9. The van der Waals surface area contributed by atoms with E-state index in [0.29, 0.717) is 13.0 Å². The van der Waals surface area contributed by atoms with E-state index in [1.807, 2.05) is 54.7 Å². The second-order valence-corrected chi connectivity index (χ2v) is 6.17. The van der Waals surface area contributed by atoms with Gasteiger partial charge in [-0.15, -0.1) is 0 Å². The lowest BCUT2D eigenvalue weighted by molar-refractivity contribution is -0.120. The number of benzene rings is 1. The zero-order valence-electron chi connectivity index (χ0n) is 14.9. The Bertz CT molecular complexity index is 847. The number of aryl methyl sites for hydroxylation is 2. The van der Waals surface area contributed by atoms with Gasteiger partial charge in [0.2, 0.25) is 5.91 Å². The predicted octanol–water partition coefficient (Wildman–Crippen LogP) is 2.12. The molecule has 0 unspecified atom stereocenters. The number of carbonyl (C=O) groups is 1. The van der Waals surface area contributed by atoms with Crippen LogP contribution in [0.2, 0.25) is 0 Å². The van der Waals surface area contributed by atoms with Gasteiger partial charge in [-0.05, 0) is 44.0 Å². The molecule has 0 aliphatic carbocycles. The highest BCUT2D eigenvalue weighted by molar-refractivity contribution is 5.79. The smallest absolute Gasteiger partial charge is 0.224 e. The fraction of sp³-hybridized carbons (Fsp3) is 0.316. The summed E-state index contributed by atoms with van der Waals surface area (Å²) in [7, 11) is 1.90. The van der Waals surface area contributed by atoms with E-state index >= 15 is 0 Å². The highest BCUT2D eigenvalue weighted by Crippen LogP contribution is 2.12. The van der Waals surface area contributed by atoms with Crippen LogP contribution in [0.15, 0.2) is 42.7 Å². The summed E-state index contributed by atoms with van der Waals surface area (Å²) in [6.07, 6.45) is 4.85. The van der Waals surface area contributed by atoms with Crippen LogP contribution in [-0.2, 0) is 24.7 Å². The molecule has 1 aromatic carbocycles. The molecule has 6 nitrogen and oxygen atoms in total. The van der Waals surface area contributed by atoms with E-state index in [4.69, 9.17) is 0 Å². The maximum Gasteiger partial charge on any atom is 0.224 e. The second-order valence-electron chi connectivity index (χ2n) is 6.17. The van der Waals surface area contributed by atoms with Crippen molar-refractivity contribution in [3.05, 3.63) is 65.2 Å². The first-order valence-corrected chi connectivity index (χ1v) is 8.39. The van der Waals surface area contributed by atoms with Crippen LogP contribution in [0.3, 0.4) is 0 Å². The van der Waals surface area contributed by atoms with Gasteiger partial charge in [0, 0.05) is 37.2 Å². The molecule has 2 aromatic heterocycles. The van der Waals surface area contributed by atoms with Gasteiger partial charge in [-0.3, -0.25) is 9.48 Å². The van der Waals surface area contributed by atoms with E-state index < -0.39 is 0 Å². The van der Waals surface area contributed by atoms with Crippen LogP contribution >= 0.6 is 0 Å². The molecule has 0 spiro atoms. The Kier molecular flexibility index (Phi) is 4.97. The number of amides is 1. The SMILES string of the molecule is Cc1nn(C)c(C)c1CC(=O)NCCc1ccc(-n2cccn2)cc1. The lowest BCUT2D eigenvalue weighted by atomic mass is 10.1. The van der Waals surface area contributed by atoms with Crippen LogP contribution in [0.4, 0.5) is 0 Å². The average Bonchev–Trinajstić information content (AvgIpc) is 3.21. The van der Waals surface area contributed by atoms with Gasteiger partial charge in [0.15, 0.2) is 0 Å². The number of hydrogen-bond acceptors (Lipinski definition) is 3. The topological polar surface area (TPSA) is 64.7 Å². The first kappa shape index (κ1) is 17.0. The Morgan fingerprint density at radius 3 is 2.56 bits per heavy atom. The Balaban J connectivity index is 1.50. The molecular weight excluding hydrogens is 314 g/mol. The van der Waals surface area contributed by atoms with E-state index in [1.54, 1.807) is 6.20 Å². The molecule has 1 amide bonds. The molecule has 0 radical (unpaired) electrons. The first-order valence-electron chi connectivity index (χ1n) is 8.39. The van der Waals surface area contributed by atoms with Gasteiger partial charge in [-0.2, -0.15) is 10.2 Å². The molecule has 6 heteroatoms. The third-order valence-corrected chi connectivity index (χ3v) is 4.44. The maximum absolute atomic E-state index is 12.2. The molecule has 0 aliphatic heterocycles. The van der Waals surface area contributed by atoms with Crippen LogP contribution in [0.1, 0.15) is 22.5 Å². The molecule has 0 saturated carbocycles. The molecule has 3 rings (SSSR count). The van der Waals surface area contributed by atoms with Crippen molar-refractivity contribution in [1.82, 2.24) is 24.9 Å². The van der Waals surface area contributed by atoms with Crippen LogP contribution in [0.5, 0.6) is 0 Å². The standard InChI is InChI=1S/C19H23N5O/c1-14-18(15(2)23(3)22-14)13-19(25)20-11-9-16-5-7-17(8-6-16)24-12-4-10-21-24/h4-8,10,12H,9,11,13H2,1-3H3,(H,20,25). The van der Waals surface area contributed by atoms with Crippen LogP contribution in [-0.4, -0.2) is 32.0 Å². The minimum atomic E-state index is 0.0346. The summed E-state index contributed by atoms with van der Waals surface area (Å²) in [6.45, 7) is 4.55. The van der Waals surface area contributed by atoms with E-state index in [0.717, 1.165) is 29.1 Å². The fourth-order valence-electron chi connectivity index (χ4n) is 2.88. The van der Waals surface area contributed by atoms with Crippen molar-refractivity contribution in [1.29, 1.82) is 0 Å². The first-order chi connectivity index (χ1) is 12.0. The Morgan fingerprint density at radius 1 is 1.20 bits per heavy atom. The van der Waals surface area contributed by atoms with E-state index in [-0.39, 0.29) is 5.91 Å². The van der Waals surface area contributed by atoms with Gasteiger partial charge >= 0.3 is 0 Å². The molecule has 1 N–H and O–H groups in total. The van der Waals surface area contributed by atoms with Gasteiger partial charge in [-0.1, -0.05) is 12.1 Å². The molecule has 0 fully saturated rings. The summed E-state index contributed by atoms with van der Waals surface area (Å²) < 4.78 is 3.64. The lowest BCUT2D eigenvalue weighted by Gasteiger charge is -2.07. The Morgan fingerprint density at radius 2 is 1.96 bits per heavy atom. The third kappa shape index (κ3) is 3.96. The lowest BCUT2D eigenvalue weighted by Crippen LogP contribution is -2.27. The van der Waals surface area contributed by atoms with Crippen molar-refractivity contribution in [2.24, 2.45) is 7.05 Å². The third-order valence-electron chi connectivity index (χ3n) is 4.44. The average molecular weight is 337 g/mol. The van der Waals surface area contributed by atoms with Crippen molar-refractivity contribution >= 4 is 5.91 Å². The molecule has 0 atom stereocenters. The highest BCUT2D eigenvalue weighted by atomic mass is 16.1. The molecule has 3 aromatic rings. The molecule has 0 aliphatic rings. The van der Waals surface area contributed by atoms with Gasteiger partial charge < -0.3 is 5.32 Å². The highest BCUT2D eigenvalue weighted by Gasteiger charge is 2.13. The second kappa shape index (κ2) is 7.34. The number of nitrogens with one attached hydrogen (secondary N) is 1. The predicted molar refractivity (Wildman–Crippen MR) is 96.7 cm³/mol. The molecule has 2 heterocycles. The minimum Gasteiger partial charge on any atom is -0.355 e. The maximum atomic E-state index is 12.2. The van der Waals surface area contributed by atoms with Gasteiger partial charge in [0.05, 0.1) is 17.8 Å². The van der Waals surface area contributed by atoms with Crippen LogP contribution < -0.4 is 5.32 Å². The Hall–Kier alpha value is -2.89. The number of carbonyl (C=O) groups excluding carboxylic acids is 1. The monoisotopic (exact) mass is 337 g/mol. The summed E-state index contributed by atoms with van der Waals surface area (Å²) in [5.74, 6) is 0.0346. The molecule has 0 saturated heterocycles. The quantitative estimate of drug-likeness (QED) is 0.749. The van der Waals surface area contributed by atoms with Crippen molar-refractivity contribution in [3.8, 4) is 5.69 Å². The van der Waals surface area contributed by atoms with Gasteiger partial charge in [0.1, 0.15) is 0 Å². The molecule has 0 bridgehead atoms. The van der Waals surface area contributed by atoms with Crippen molar-refractivity contribution in [2.45, 2.75) is 26.7 Å². The van der Waals surface area contributed by atoms with Gasteiger partial charge in [0.25, 0.3) is 0 Å². The summed E-state index contributed by atoms with van der Waals surface area (Å²) in [4.78, 5) is 12.2. The molecular formula is C19H23N5O. The van der Waals surface area contributed by atoms with Crippen molar-refractivity contribution < 1.29 is 4.79 Å². The molecule has 25 heavy (non-hydrogen) atoms.